The Bertz CT molecular complexity index is 3820. The summed E-state index contributed by atoms with van der Waals surface area (Å²) in [7, 11) is 0.363. The van der Waals surface area contributed by atoms with E-state index in [1.165, 1.54) is 53.0 Å². The first-order chi connectivity index (χ1) is 42.0. The predicted octanol–water partition coefficient (Wildman–Crippen LogP) is 10.9. The van der Waals surface area contributed by atoms with Crippen molar-refractivity contribution in [3.8, 4) is 0 Å². The van der Waals surface area contributed by atoms with Crippen molar-refractivity contribution in [1.82, 2.24) is 60.2 Å². The van der Waals surface area contributed by atoms with Crippen molar-refractivity contribution in [2.24, 2.45) is 16.7 Å². The zero-order chi connectivity index (χ0) is 62.2. The number of piperidine rings is 4. The minimum absolute atomic E-state index is 0.00293. The van der Waals surface area contributed by atoms with Crippen LogP contribution in [0.3, 0.4) is 0 Å². The third-order valence-corrected chi connectivity index (χ3v) is 21.4. The highest BCUT2D eigenvalue weighted by Gasteiger charge is 2.42. The van der Waals surface area contributed by atoms with E-state index >= 15 is 0 Å². The molecular weight excluding hydrogens is 1220 g/mol. The maximum Gasteiger partial charge on any atom is 0.219 e. The number of H-pyrrole nitrogens is 4. The Morgan fingerprint density at radius 1 is 0.557 bits per heavy atom. The Kier molecular flexibility index (Phi) is 19.4. The monoisotopic (exact) mass is 1300 g/mol. The summed E-state index contributed by atoms with van der Waals surface area (Å²) in [6, 6.07) is 17.3. The number of morpholine rings is 1. The van der Waals surface area contributed by atoms with Crippen molar-refractivity contribution in [1.29, 1.82) is 0 Å². The molecular formula is C63H84Cl4N16O4S. The number of benzene rings is 4. The van der Waals surface area contributed by atoms with Crippen molar-refractivity contribution < 1.29 is 17.9 Å². The fourth-order valence-corrected chi connectivity index (χ4v) is 16.2. The van der Waals surface area contributed by atoms with Gasteiger partial charge in [0, 0.05) is 180 Å². The number of fused-ring (bicyclic) bond motifs is 8. The number of hydrogen-bond donors (Lipinski definition) is 5. The summed E-state index contributed by atoms with van der Waals surface area (Å²) in [6.45, 7) is 23.0. The van der Waals surface area contributed by atoms with Gasteiger partial charge < -0.3 is 34.6 Å². The molecule has 0 saturated carbocycles. The second-order valence-corrected chi connectivity index (χ2v) is 30.0. The number of amides is 1. The van der Waals surface area contributed by atoms with Crippen LogP contribution in [0.4, 0.5) is 22.7 Å². The molecule has 7 aliphatic heterocycles. The first-order valence-corrected chi connectivity index (χ1v) is 34.1. The molecule has 1 amide bonds. The average Bonchev–Trinajstić information content (AvgIpc) is 2.87. The normalized spacial score (nSPS) is 22.5. The fourth-order valence-electron chi connectivity index (χ4n) is 14.5. The van der Waals surface area contributed by atoms with Crippen LogP contribution in [0.25, 0.3) is 43.6 Å². The number of aromatic amines is 4. The van der Waals surface area contributed by atoms with Gasteiger partial charge in [-0.15, -0.1) is 0 Å². The Morgan fingerprint density at radius 2 is 0.966 bits per heavy atom. The van der Waals surface area contributed by atoms with Crippen molar-refractivity contribution in [3.05, 3.63) is 93.4 Å². The van der Waals surface area contributed by atoms with Gasteiger partial charge in [-0.05, 0) is 105 Å². The molecule has 4 atom stereocenters. The summed E-state index contributed by atoms with van der Waals surface area (Å²) in [5.41, 5.74) is 8.28. The first-order valence-electron chi connectivity index (χ1n) is 30.7. The third-order valence-electron chi connectivity index (χ3n) is 19.2. The van der Waals surface area contributed by atoms with E-state index in [-0.39, 0.29) is 28.8 Å². The topological polar surface area (TPSA) is 210 Å². The summed E-state index contributed by atoms with van der Waals surface area (Å²) in [6.07, 6.45) is 15.5. The van der Waals surface area contributed by atoms with Gasteiger partial charge in [-0.2, -0.15) is 20.4 Å². The highest BCUT2D eigenvalue weighted by atomic mass is 35.5. The molecule has 474 valence electrons. The summed E-state index contributed by atoms with van der Waals surface area (Å²) >= 11 is 25.0. The molecule has 2 unspecified atom stereocenters. The number of carbonyl (C=O) groups excluding carboxylic acids is 1. The summed E-state index contributed by atoms with van der Waals surface area (Å²) in [4.78, 5) is 25.8. The van der Waals surface area contributed by atoms with Gasteiger partial charge in [0.2, 0.25) is 15.9 Å². The van der Waals surface area contributed by atoms with Gasteiger partial charge in [-0.3, -0.25) is 30.1 Å². The molecule has 2 bridgehead atoms. The minimum Gasteiger partial charge on any atom is -0.379 e. The standard InChI is InChI=1S/C17H23ClN4O.C16H23ClN4O2S.C16H21ClN4O.C14H17ClN4/c1-11(23)21(4)16-5-6-22(10-17(16,2)3)15-8-12(18)7-14-13(15)9-19-20-14;1-16(2)10-21(6-5-15(16)20(3)24(4,22)23)14-8-11(17)7-13-12(14)9-18-19-13;17-12-9-15-14(11-18-19-15)16(10-12)21-3-1-13(2-4-21)20-5-7-22-8-6-20;15-10-3-13-12(6-17-18-13)14(4-10)19-7-9-1-2-11(8-19)16-5-9/h7-9,16H,5-6,10H2,1-4H3,(H,19,20);7-9,15H,5-6,10H2,1-4H3,(H,18,19);9-11,13H,1-8H2,(H,18,19);3-4,6,9,11,16H,1-2,5,7-8H2,(H,17,18)/t;;;9-,11-/m...0/s1. The van der Waals surface area contributed by atoms with Crippen LogP contribution >= 0.6 is 46.4 Å². The van der Waals surface area contributed by atoms with Crippen LogP contribution in [0, 0.1) is 16.7 Å². The second-order valence-electron chi connectivity index (χ2n) is 26.2. The van der Waals surface area contributed by atoms with Gasteiger partial charge in [0.05, 0.1) is 66.3 Å². The van der Waals surface area contributed by atoms with E-state index in [1.807, 2.05) is 73.1 Å². The van der Waals surface area contributed by atoms with E-state index in [2.05, 4.69) is 110 Å². The molecule has 20 nitrogen and oxygen atoms in total. The molecule has 15 rings (SSSR count). The Morgan fingerprint density at radius 3 is 1.36 bits per heavy atom. The molecule has 4 aromatic heterocycles. The molecule has 0 aliphatic carbocycles. The molecule has 7 fully saturated rings. The zero-order valence-electron chi connectivity index (χ0n) is 51.7. The first kappa shape index (κ1) is 63.9. The highest BCUT2D eigenvalue weighted by Crippen LogP contribution is 2.41. The van der Waals surface area contributed by atoms with Crippen LogP contribution in [0.1, 0.15) is 73.1 Å². The maximum absolute atomic E-state index is 11.9. The van der Waals surface area contributed by atoms with E-state index in [9.17, 15) is 13.2 Å². The molecule has 0 spiro atoms. The van der Waals surface area contributed by atoms with E-state index in [1.54, 1.807) is 14.0 Å². The van der Waals surface area contributed by atoms with Gasteiger partial charge in [-0.25, -0.2) is 12.7 Å². The van der Waals surface area contributed by atoms with Crippen molar-refractivity contribution in [2.45, 2.75) is 97.3 Å². The number of sulfonamides is 1. The van der Waals surface area contributed by atoms with Gasteiger partial charge in [0.25, 0.3) is 0 Å². The molecule has 88 heavy (non-hydrogen) atoms. The van der Waals surface area contributed by atoms with Crippen molar-refractivity contribution in [3.63, 3.8) is 0 Å². The maximum atomic E-state index is 11.9. The predicted molar refractivity (Wildman–Crippen MR) is 359 cm³/mol. The van der Waals surface area contributed by atoms with Crippen molar-refractivity contribution in [2.75, 3.05) is 125 Å². The smallest absolute Gasteiger partial charge is 0.219 e. The zero-order valence-corrected chi connectivity index (χ0v) is 55.6. The molecule has 4 aromatic carbocycles. The Hall–Kier alpha value is -5.62. The molecule has 7 aliphatic rings. The molecule has 8 aromatic rings. The van der Waals surface area contributed by atoms with Crippen LogP contribution in [-0.4, -0.2) is 199 Å². The van der Waals surface area contributed by atoms with Crippen molar-refractivity contribution >= 4 is 129 Å². The quantitative estimate of drug-likeness (QED) is 0.0959. The number of aromatic nitrogens is 8. The number of nitrogens with one attached hydrogen (secondary N) is 5. The van der Waals surface area contributed by atoms with E-state index < -0.39 is 10.0 Å². The number of rotatable bonds is 8. The lowest BCUT2D eigenvalue weighted by Crippen LogP contribution is -2.56. The molecule has 7 saturated heterocycles. The fraction of sp³-hybridized carbons (Fsp3) is 0.540. The van der Waals surface area contributed by atoms with Gasteiger partial charge in [0.15, 0.2) is 0 Å². The van der Waals surface area contributed by atoms with Gasteiger partial charge >= 0.3 is 0 Å². The number of ether oxygens (including phenoxy) is 1. The summed E-state index contributed by atoms with van der Waals surface area (Å²) < 4.78 is 30.8. The van der Waals surface area contributed by atoms with Crippen LogP contribution < -0.4 is 24.9 Å². The van der Waals surface area contributed by atoms with Crippen LogP contribution in [-0.2, 0) is 19.6 Å². The number of anilines is 4. The van der Waals surface area contributed by atoms with E-state index in [0.717, 1.165) is 164 Å². The lowest BCUT2D eigenvalue weighted by molar-refractivity contribution is -0.132. The van der Waals surface area contributed by atoms with Crippen LogP contribution in [0.15, 0.2) is 73.3 Å². The van der Waals surface area contributed by atoms with E-state index in [0.29, 0.717) is 22.1 Å². The SMILES string of the molecule is CC(=O)N(C)C1CCN(c2cc(Cl)cc3[nH]ncc23)CC1(C)C.CN(C1CCN(c2cc(Cl)cc3[nH]ncc23)CC1(C)C)S(C)(=O)=O.Clc1cc(N2CCC(N3CCOCC3)CC2)c2cn[nH]c2c1.Clc1cc(N2C[C@H]3CC[C@@H](C2)NC3)c2cn[nH]c2c1. The Labute approximate surface area is 536 Å². The molecule has 11 heterocycles. The number of hydrogen-bond acceptors (Lipinski definition) is 14. The summed E-state index contributed by atoms with van der Waals surface area (Å²) in [5.74, 6) is 0.871. The minimum atomic E-state index is -3.21. The van der Waals surface area contributed by atoms with Gasteiger partial charge in [-0.1, -0.05) is 74.1 Å². The third kappa shape index (κ3) is 14.3. The lowest BCUT2D eigenvalue weighted by atomic mass is 9.78. The van der Waals surface area contributed by atoms with Crippen LogP contribution in [0.2, 0.25) is 20.1 Å². The summed E-state index contributed by atoms with van der Waals surface area (Å²) in [5, 5.41) is 39.5. The average molecular weight is 1300 g/mol. The highest BCUT2D eigenvalue weighted by molar-refractivity contribution is 7.88. The number of nitrogens with zero attached hydrogens (tertiary/aromatic N) is 11. The van der Waals surface area contributed by atoms with Crippen LogP contribution in [0.5, 0.6) is 0 Å². The number of halogens is 4. The molecule has 25 heteroatoms. The second kappa shape index (κ2) is 26.7. The Balaban J connectivity index is 0.000000122. The van der Waals surface area contributed by atoms with E-state index in [4.69, 9.17) is 51.1 Å². The number of carbonyl (C=O) groups is 1. The largest absolute Gasteiger partial charge is 0.379 e. The molecule has 0 radical (unpaired) electrons. The van der Waals surface area contributed by atoms with Gasteiger partial charge in [0.1, 0.15) is 0 Å². The molecule has 5 N–H and O–H groups in total. The lowest BCUT2D eigenvalue weighted by Gasteiger charge is -2.48.